The molecule has 0 saturated carbocycles. The van der Waals surface area contributed by atoms with Crippen molar-refractivity contribution in [3.05, 3.63) is 63.9 Å². The van der Waals surface area contributed by atoms with E-state index in [4.69, 9.17) is 0 Å². The van der Waals surface area contributed by atoms with Gasteiger partial charge in [-0.05, 0) is 37.1 Å². The molecular weight excluding hydrogens is 269 g/mol. The van der Waals surface area contributed by atoms with Gasteiger partial charge in [0, 0.05) is 5.56 Å². The number of thiazole rings is 1. The molecule has 1 aromatic heterocycles. The summed E-state index contributed by atoms with van der Waals surface area (Å²) >= 11 is 1.57. The Balaban J connectivity index is 0.000000956. The van der Waals surface area contributed by atoms with Gasteiger partial charge in [0.2, 0.25) is 0 Å². The van der Waals surface area contributed by atoms with Crippen LogP contribution in [0, 0.1) is 12.7 Å². The molecule has 1 aromatic carbocycles. The maximum Gasteiger partial charge on any atom is 0.131 e. The van der Waals surface area contributed by atoms with Gasteiger partial charge in [0.1, 0.15) is 5.82 Å². The molecule has 106 valence electrons. The first-order valence-corrected chi connectivity index (χ1v) is 7.50. The number of nitrogens with zero attached hydrogens (tertiary/aromatic N) is 1. The number of halogens is 1. The average Bonchev–Trinajstić information content (AvgIpc) is 2.86. The molecule has 0 aliphatic rings. The predicted molar refractivity (Wildman–Crippen MR) is 87.3 cm³/mol. The molecule has 0 atom stereocenters. The highest BCUT2D eigenvalue weighted by atomic mass is 32.1. The van der Waals surface area contributed by atoms with Crippen LogP contribution in [0.25, 0.3) is 11.6 Å². The molecule has 0 aliphatic carbocycles. The van der Waals surface area contributed by atoms with Gasteiger partial charge < -0.3 is 0 Å². The predicted octanol–water partition coefficient (Wildman–Crippen LogP) is 5.73. The van der Waals surface area contributed by atoms with E-state index in [1.54, 1.807) is 29.0 Å². The molecule has 0 fully saturated rings. The van der Waals surface area contributed by atoms with Crippen molar-refractivity contribution in [3.63, 3.8) is 0 Å². The van der Waals surface area contributed by atoms with Crippen LogP contribution in [0.1, 0.15) is 36.9 Å². The van der Waals surface area contributed by atoms with Crippen molar-refractivity contribution in [1.82, 2.24) is 4.98 Å². The van der Waals surface area contributed by atoms with Crippen molar-refractivity contribution in [2.45, 2.75) is 27.7 Å². The van der Waals surface area contributed by atoms with Gasteiger partial charge in [-0.15, -0.1) is 11.3 Å². The molecule has 0 amide bonds. The zero-order chi connectivity index (χ0) is 15.1. The molecule has 20 heavy (non-hydrogen) atoms. The normalized spacial score (nSPS) is 10.8. The highest BCUT2D eigenvalue weighted by molar-refractivity contribution is 7.10. The highest BCUT2D eigenvalue weighted by Crippen LogP contribution is 2.26. The van der Waals surface area contributed by atoms with Crippen LogP contribution in [-0.4, -0.2) is 4.98 Å². The summed E-state index contributed by atoms with van der Waals surface area (Å²) in [6.45, 7) is 11.9. The zero-order valence-electron chi connectivity index (χ0n) is 12.4. The molecule has 2 aromatic rings. The Bertz CT molecular complexity index is 611. The Labute approximate surface area is 124 Å². The summed E-state index contributed by atoms with van der Waals surface area (Å²) in [7, 11) is 0. The smallest absolute Gasteiger partial charge is 0.131 e. The van der Waals surface area contributed by atoms with E-state index in [9.17, 15) is 4.39 Å². The molecule has 0 radical (unpaired) electrons. The van der Waals surface area contributed by atoms with E-state index in [1.165, 1.54) is 6.07 Å². The molecule has 1 nitrogen and oxygen atoms in total. The third-order valence-electron chi connectivity index (χ3n) is 2.81. The van der Waals surface area contributed by atoms with Gasteiger partial charge in [0.25, 0.3) is 0 Å². The van der Waals surface area contributed by atoms with Gasteiger partial charge in [0.15, 0.2) is 0 Å². The molecule has 0 saturated heterocycles. The first kappa shape index (κ1) is 16.3. The molecule has 0 N–H and O–H groups in total. The second kappa shape index (κ2) is 7.75. The number of rotatable bonds is 3. The highest BCUT2D eigenvalue weighted by Gasteiger charge is 2.07. The summed E-state index contributed by atoms with van der Waals surface area (Å²) < 4.78 is 13.7. The van der Waals surface area contributed by atoms with Gasteiger partial charge in [0.05, 0.1) is 16.1 Å². The van der Waals surface area contributed by atoms with Crippen molar-refractivity contribution in [3.8, 4) is 0 Å². The van der Waals surface area contributed by atoms with E-state index in [2.05, 4.69) is 11.6 Å². The number of hydrogen-bond acceptors (Lipinski definition) is 2. The number of aromatic nitrogens is 1. The molecule has 0 unspecified atom stereocenters. The van der Waals surface area contributed by atoms with Crippen LogP contribution in [0.3, 0.4) is 0 Å². The first-order chi connectivity index (χ1) is 9.59. The lowest BCUT2D eigenvalue weighted by Crippen LogP contribution is -1.89. The Morgan fingerprint density at radius 1 is 1.30 bits per heavy atom. The van der Waals surface area contributed by atoms with Crippen molar-refractivity contribution in [2.24, 2.45) is 0 Å². The molecule has 2 rings (SSSR count). The largest absolute Gasteiger partial charge is 0.249 e. The number of hydrogen-bond donors (Lipinski definition) is 0. The zero-order valence-corrected chi connectivity index (χ0v) is 13.2. The van der Waals surface area contributed by atoms with Crippen molar-refractivity contribution in [1.29, 1.82) is 0 Å². The van der Waals surface area contributed by atoms with E-state index < -0.39 is 0 Å². The van der Waals surface area contributed by atoms with Crippen LogP contribution in [0.5, 0.6) is 0 Å². The average molecular weight is 289 g/mol. The number of aryl methyl sites for hydroxylation is 1. The fraction of sp³-hybridized carbons (Fsp3) is 0.235. The summed E-state index contributed by atoms with van der Waals surface area (Å²) in [5, 5.41) is 0. The van der Waals surface area contributed by atoms with E-state index in [0.717, 1.165) is 16.1 Å². The van der Waals surface area contributed by atoms with Gasteiger partial charge in [-0.3, -0.25) is 0 Å². The van der Waals surface area contributed by atoms with Gasteiger partial charge in [-0.2, -0.15) is 0 Å². The Morgan fingerprint density at radius 3 is 2.50 bits per heavy atom. The maximum absolute atomic E-state index is 13.7. The topological polar surface area (TPSA) is 12.9 Å². The van der Waals surface area contributed by atoms with E-state index in [0.29, 0.717) is 11.1 Å². The van der Waals surface area contributed by atoms with Crippen molar-refractivity contribution in [2.75, 3.05) is 0 Å². The third-order valence-corrected chi connectivity index (χ3v) is 3.68. The summed E-state index contributed by atoms with van der Waals surface area (Å²) in [4.78, 5) is 5.28. The summed E-state index contributed by atoms with van der Waals surface area (Å²) in [6.07, 6.45) is 2.00. The molecule has 0 aliphatic heterocycles. The monoisotopic (exact) mass is 289 g/mol. The Morgan fingerprint density at radius 2 is 1.95 bits per heavy atom. The van der Waals surface area contributed by atoms with Crippen LogP contribution < -0.4 is 0 Å². The molecule has 3 heteroatoms. The van der Waals surface area contributed by atoms with Gasteiger partial charge >= 0.3 is 0 Å². The second-order valence-electron chi connectivity index (χ2n) is 4.09. The number of benzene rings is 1. The van der Waals surface area contributed by atoms with Crippen LogP contribution in [-0.2, 0) is 0 Å². The Kier molecular flexibility index (Phi) is 6.32. The van der Waals surface area contributed by atoms with E-state index in [-0.39, 0.29) is 5.82 Å². The lowest BCUT2D eigenvalue weighted by atomic mass is 9.99. The van der Waals surface area contributed by atoms with E-state index in [1.807, 2.05) is 39.8 Å². The maximum atomic E-state index is 13.7. The minimum absolute atomic E-state index is 0.240. The molecular formula is C17H20FNS. The standard InChI is InChI=1S/C15H14FNS.C2H6/c1-10(8-15-12(3)17-9-18-15)11(2)13-6-4-5-7-14(13)16;1-2/h4-9H,2H2,1,3H3;1-2H3/b10-8-;. The summed E-state index contributed by atoms with van der Waals surface area (Å²) in [6, 6.07) is 6.69. The van der Waals surface area contributed by atoms with Crippen molar-refractivity contribution < 1.29 is 4.39 Å². The third kappa shape index (κ3) is 3.87. The lowest BCUT2D eigenvalue weighted by molar-refractivity contribution is 0.624. The van der Waals surface area contributed by atoms with Crippen LogP contribution >= 0.6 is 11.3 Å². The minimum Gasteiger partial charge on any atom is -0.249 e. The summed E-state index contributed by atoms with van der Waals surface area (Å²) in [5.41, 5.74) is 5.00. The fourth-order valence-corrected chi connectivity index (χ4v) is 2.44. The quantitative estimate of drug-likeness (QED) is 0.657. The van der Waals surface area contributed by atoms with Crippen molar-refractivity contribution >= 4 is 23.0 Å². The Hall–Kier alpha value is -1.74. The van der Waals surface area contributed by atoms with Gasteiger partial charge in [-0.25, -0.2) is 9.37 Å². The molecule has 0 spiro atoms. The second-order valence-corrected chi connectivity index (χ2v) is 4.97. The first-order valence-electron chi connectivity index (χ1n) is 6.62. The van der Waals surface area contributed by atoms with Crippen LogP contribution in [0.4, 0.5) is 4.39 Å². The SMILES string of the molecule is C=C(/C(C)=C\c1scnc1C)c1ccccc1F.CC. The van der Waals surface area contributed by atoms with Gasteiger partial charge in [-0.1, -0.05) is 38.6 Å². The lowest BCUT2D eigenvalue weighted by Gasteiger charge is -2.07. The van der Waals surface area contributed by atoms with Crippen LogP contribution in [0.15, 0.2) is 41.9 Å². The molecule has 1 heterocycles. The summed E-state index contributed by atoms with van der Waals surface area (Å²) in [5.74, 6) is -0.240. The fourth-order valence-electron chi connectivity index (χ4n) is 1.65. The minimum atomic E-state index is -0.240. The number of allylic oxidation sites excluding steroid dienone is 2. The van der Waals surface area contributed by atoms with Crippen LogP contribution in [0.2, 0.25) is 0 Å². The van der Waals surface area contributed by atoms with E-state index >= 15 is 0 Å². The molecule has 0 bridgehead atoms.